The first kappa shape index (κ1) is 16.1. The molecule has 0 aromatic heterocycles. The topological polar surface area (TPSA) is 21.3 Å². The first-order valence-electron chi connectivity index (χ1n) is 7.29. The van der Waals surface area contributed by atoms with Crippen LogP contribution in [0.25, 0.3) is 0 Å². The molecule has 0 aliphatic carbocycles. The highest BCUT2D eigenvalue weighted by atomic mass is 79.9. The fourth-order valence-corrected chi connectivity index (χ4v) is 2.45. The largest absolute Gasteiger partial charge is 0.456 e. The molecule has 0 bridgehead atoms. The van der Waals surface area contributed by atoms with E-state index in [-0.39, 0.29) is 0 Å². The number of aryl methyl sites for hydroxylation is 1. The third-order valence-electron chi connectivity index (χ3n) is 3.25. The lowest BCUT2D eigenvalue weighted by atomic mass is 10.1. The van der Waals surface area contributed by atoms with Gasteiger partial charge in [-0.15, -0.1) is 0 Å². The van der Waals surface area contributed by atoms with Gasteiger partial charge in [0.05, 0.1) is 4.47 Å². The smallest absolute Gasteiger partial charge is 0.141 e. The van der Waals surface area contributed by atoms with Crippen molar-refractivity contribution in [3.8, 4) is 11.5 Å². The molecule has 2 aromatic rings. The molecule has 0 amide bonds. The van der Waals surface area contributed by atoms with Crippen molar-refractivity contribution in [2.75, 3.05) is 6.54 Å². The molecule has 0 radical (unpaired) electrons. The molecule has 0 saturated heterocycles. The van der Waals surface area contributed by atoms with Crippen molar-refractivity contribution in [1.82, 2.24) is 5.32 Å². The van der Waals surface area contributed by atoms with Crippen molar-refractivity contribution in [2.24, 2.45) is 5.92 Å². The minimum absolute atomic E-state index is 0.670. The van der Waals surface area contributed by atoms with Gasteiger partial charge in [0.15, 0.2) is 0 Å². The van der Waals surface area contributed by atoms with E-state index in [1.165, 1.54) is 11.1 Å². The molecule has 2 rings (SSSR count). The van der Waals surface area contributed by atoms with Crippen molar-refractivity contribution >= 4 is 15.9 Å². The molecule has 3 heteroatoms. The monoisotopic (exact) mass is 347 g/mol. The number of ether oxygens (including phenoxy) is 1. The molecule has 0 unspecified atom stereocenters. The lowest BCUT2D eigenvalue weighted by molar-refractivity contribution is 0.478. The van der Waals surface area contributed by atoms with Gasteiger partial charge in [0.1, 0.15) is 11.5 Å². The molecule has 0 aliphatic rings. The lowest BCUT2D eigenvalue weighted by Gasteiger charge is -2.12. The third kappa shape index (κ3) is 4.87. The summed E-state index contributed by atoms with van der Waals surface area (Å²) in [7, 11) is 0. The Morgan fingerprint density at radius 2 is 1.90 bits per heavy atom. The van der Waals surface area contributed by atoms with E-state index in [4.69, 9.17) is 4.74 Å². The number of hydrogen-bond acceptors (Lipinski definition) is 2. The average molecular weight is 348 g/mol. The van der Waals surface area contributed by atoms with Crippen LogP contribution in [0.15, 0.2) is 46.9 Å². The predicted molar refractivity (Wildman–Crippen MR) is 91.9 cm³/mol. The van der Waals surface area contributed by atoms with Gasteiger partial charge in [-0.2, -0.15) is 0 Å². The highest BCUT2D eigenvalue weighted by molar-refractivity contribution is 9.10. The number of benzene rings is 2. The quantitative estimate of drug-likeness (QED) is 0.765. The lowest BCUT2D eigenvalue weighted by Crippen LogP contribution is -2.19. The van der Waals surface area contributed by atoms with Crippen LogP contribution in [0, 0.1) is 12.8 Å². The Kier molecular flexibility index (Phi) is 5.83. The summed E-state index contributed by atoms with van der Waals surface area (Å²) in [4.78, 5) is 0. The van der Waals surface area contributed by atoms with Crippen LogP contribution in [0.4, 0.5) is 0 Å². The van der Waals surface area contributed by atoms with Crippen LogP contribution < -0.4 is 10.1 Å². The third-order valence-corrected chi connectivity index (χ3v) is 3.90. The van der Waals surface area contributed by atoms with Gasteiger partial charge in [-0.1, -0.05) is 32.0 Å². The maximum Gasteiger partial charge on any atom is 0.141 e. The maximum absolute atomic E-state index is 5.92. The van der Waals surface area contributed by atoms with Crippen LogP contribution in [0.5, 0.6) is 11.5 Å². The zero-order valence-electron chi connectivity index (χ0n) is 12.8. The molecule has 0 atom stereocenters. The number of para-hydroxylation sites is 1. The Morgan fingerprint density at radius 1 is 1.14 bits per heavy atom. The van der Waals surface area contributed by atoms with E-state index >= 15 is 0 Å². The second-order valence-corrected chi connectivity index (χ2v) is 6.50. The molecule has 1 N–H and O–H groups in total. The standard InChI is InChI=1S/C18H22BrNO/c1-13(2)11-20-12-15-8-9-16(10-14(15)3)21-18-7-5-4-6-17(18)19/h4-10,13,20H,11-12H2,1-3H3. The van der Waals surface area contributed by atoms with Crippen LogP contribution in [0.1, 0.15) is 25.0 Å². The highest BCUT2D eigenvalue weighted by Gasteiger charge is 2.05. The first-order chi connectivity index (χ1) is 10.1. The van der Waals surface area contributed by atoms with Crippen molar-refractivity contribution < 1.29 is 4.74 Å². The molecule has 0 heterocycles. The summed E-state index contributed by atoms with van der Waals surface area (Å²) >= 11 is 3.50. The normalized spacial score (nSPS) is 10.9. The van der Waals surface area contributed by atoms with Gasteiger partial charge < -0.3 is 10.1 Å². The molecule has 0 saturated carbocycles. The summed E-state index contributed by atoms with van der Waals surface area (Å²) in [5.74, 6) is 2.37. The number of hydrogen-bond donors (Lipinski definition) is 1. The second kappa shape index (κ2) is 7.62. The number of halogens is 1. The van der Waals surface area contributed by atoms with Gasteiger partial charge in [-0.25, -0.2) is 0 Å². The van der Waals surface area contributed by atoms with Crippen molar-refractivity contribution in [3.05, 3.63) is 58.1 Å². The zero-order chi connectivity index (χ0) is 15.2. The van der Waals surface area contributed by atoms with E-state index in [2.05, 4.69) is 54.2 Å². The van der Waals surface area contributed by atoms with Crippen LogP contribution in [-0.4, -0.2) is 6.54 Å². The van der Waals surface area contributed by atoms with Gasteiger partial charge in [-0.3, -0.25) is 0 Å². The van der Waals surface area contributed by atoms with E-state index < -0.39 is 0 Å². The Hall–Kier alpha value is -1.32. The summed E-state index contributed by atoms with van der Waals surface area (Å²) in [6.45, 7) is 8.50. The molecule has 0 aliphatic heterocycles. The van der Waals surface area contributed by atoms with Crippen molar-refractivity contribution in [3.63, 3.8) is 0 Å². The molecule has 0 spiro atoms. The SMILES string of the molecule is Cc1cc(Oc2ccccc2Br)ccc1CNCC(C)C. The molecular formula is C18H22BrNO. The fraction of sp³-hybridized carbons (Fsp3) is 0.333. The second-order valence-electron chi connectivity index (χ2n) is 5.65. The number of nitrogens with one attached hydrogen (secondary N) is 1. The molecule has 2 nitrogen and oxygen atoms in total. The minimum atomic E-state index is 0.670. The Morgan fingerprint density at radius 3 is 2.57 bits per heavy atom. The summed E-state index contributed by atoms with van der Waals surface area (Å²) in [6.07, 6.45) is 0. The predicted octanol–water partition coefficient (Wildman–Crippen LogP) is 5.30. The highest BCUT2D eigenvalue weighted by Crippen LogP contribution is 2.30. The summed E-state index contributed by atoms with van der Waals surface area (Å²) in [6, 6.07) is 14.1. The molecule has 21 heavy (non-hydrogen) atoms. The first-order valence-corrected chi connectivity index (χ1v) is 8.08. The van der Waals surface area contributed by atoms with Crippen molar-refractivity contribution in [2.45, 2.75) is 27.3 Å². The van der Waals surface area contributed by atoms with Crippen molar-refractivity contribution in [1.29, 1.82) is 0 Å². The van der Waals surface area contributed by atoms with Crippen LogP contribution in [-0.2, 0) is 6.54 Å². The van der Waals surface area contributed by atoms with Gasteiger partial charge in [0.25, 0.3) is 0 Å². The van der Waals surface area contributed by atoms with E-state index in [1.54, 1.807) is 0 Å². The summed E-state index contributed by atoms with van der Waals surface area (Å²) < 4.78 is 6.88. The van der Waals surface area contributed by atoms with Gasteiger partial charge in [0.2, 0.25) is 0 Å². The maximum atomic E-state index is 5.92. The van der Waals surface area contributed by atoms with E-state index in [1.807, 2.05) is 30.3 Å². The average Bonchev–Trinajstić information content (AvgIpc) is 2.43. The van der Waals surface area contributed by atoms with E-state index in [0.717, 1.165) is 29.1 Å². The Bertz CT molecular complexity index is 596. The molecule has 112 valence electrons. The van der Waals surface area contributed by atoms with E-state index in [9.17, 15) is 0 Å². The fourth-order valence-electron chi connectivity index (χ4n) is 2.08. The van der Waals surface area contributed by atoms with Crippen LogP contribution >= 0.6 is 15.9 Å². The molecular weight excluding hydrogens is 326 g/mol. The Balaban J connectivity index is 2.03. The van der Waals surface area contributed by atoms with Crippen LogP contribution in [0.2, 0.25) is 0 Å². The Labute approximate surface area is 135 Å². The van der Waals surface area contributed by atoms with Gasteiger partial charge in [-0.05, 0) is 70.7 Å². The minimum Gasteiger partial charge on any atom is -0.456 e. The summed E-state index contributed by atoms with van der Waals surface area (Å²) in [5, 5.41) is 3.47. The van der Waals surface area contributed by atoms with Gasteiger partial charge >= 0.3 is 0 Å². The molecule has 0 fully saturated rings. The van der Waals surface area contributed by atoms with Gasteiger partial charge in [0, 0.05) is 6.54 Å². The summed E-state index contributed by atoms with van der Waals surface area (Å²) in [5.41, 5.74) is 2.56. The molecule has 2 aromatic carbocycles. The number of rotatable bonds is 6. The van der Waals surface area contributed by atoms with E-state index in [0.29, 0.717) is 5.92 Å². The van der Waals surface area contributed by atoms with Crippen LogP contribution in [0.3, 0.4) is 0 Å². The zero-order valence-corrected chi connectivity index (χ0v) is 14.4.